The lowest BCUT2D eigenvalue weighted by Gasteiger charge is -2.12. The monoisotopic (exact) mass is 349 g/mol. The highest BCUT2D eigenvalue weighted by atomic mass is 79.9. The number of hydrogen-bond donors (Lipinski definition) is 1. The Hall–Kier alpha value is -0.0600. The van der Waals surface area contributed by atoms with Gasteiger partial charge in [0.25, 0.3) is 0 Å². The van der Waals surface area contributed by atoms with Crippen molar-refractivity contribution in [1.29, 1.82) is 0 Å². The van der Waals surface area contributed by atoms with Crippen LogP contribution in [0.25, 0.3) is 0 Å². The minimum Gasteiger partial charge on any atom is -0.323 e. The third-order valence-corrected chi connectivity index (χ3v) is 5.03. The molecule has 0 bridgehead atoms. The van der Waals surface area contributed by atoms with Gasteiger partial charge >= 0.3 is 0 Å². The van der Waals surface area contributed by atoms with E-state index in [-0.39, 0.29) is 6.04 Å². The van der Waals surface area contributed by atoms with Crippen molar-refractivity contribution in [2.24, 2.45) is 5.73 Å². The standard InChI is InChI=1S/C12H10BrCl2NS/c13-9-3-4-17-12(9)11(16)5-7-1-2-8(14)6-10(7)15/h1-4,6,11H,5,16H2. The molecule has 2 rings (SSSR count). The molecule has 0 aliphatic carbocycles. The molecule has 0 fully saturated rings. The van der Waals surface area contributed by atoms with Gasteiger partial charge in [-0.2, -0.15) is 0 Å². The first-order valence-corrected chi connectivity index (χ1v) is 7.43. The molecular formula is C12H10BrCl2NS. The summed E-state index contributed by atoms with van der Waals surface area (Å²) >= 11 is 17.1. The molecule has 1 heterocycles. The molecule has 0 spiro atoms. The van der Waals surface area contributed by atoms with Gasteiger partial charge in [-0.15, -0.1) is 11.3 Å². The Kier molecular flexibility index (Phi) is 4.50. The van der Waals surface area contributed by atoms with Crippen LogP contribution in [0.5, 0.6) is 0 Å². The highest BCUT2D eigenvalue weighted by Crippen LogP contribution is 2.31. The summed E-state index contributed by atoms with van der Waals surface area (Å²) in [7, 11) is 0. The SMILES string of the molecule is NC(Cc1ccc(Cl)cc1Cl)c1sccc1Br. The van der Waals surface area contributed by atoms with Crippen molar-refractivity contribution in [3.05, 3.63) is 54.6 Å². The highest BCUT2D eigenvalue weighted by molar-refractivity contribution is 9.10. The van der Waals surface area contributed by atoms with Gasteiger partial charge in [-0.1, -0.05) is 29.3 Å². The molecule has 0 saturated heterocycles. The molecule has 1 atom stereocenters. The maximum absolute atomic E-state index is 6.17. The topological polar surface area (TPSA) is 26.0 Å². The molecule has 5 heteroatoms. The van der Waals surface area contributed by atoms with E-state index in [9.17, 15) is 0 Å². The molecule has 90 valence electrons. The summed E-state index contributed by atoms with van der Waals surface area (Å²) in [5.41, 5.74) is 7.19. The lowest BCUT2D eigenvalue weighted by molar-refractivity contribution is 0.734. The largest absolute Gasteiger partial charge is 0.323 e. The van der Waals surface area contributed by atoms with E-state index in [0.29, 0.717) is 16.5 Å². The smallest absolute Gasteiger partial charge is 0.0453 e. The molecule has 2 N–H and O–H groups in total. The normalized spacial score (nSPS) is 12.7. The van der Waals surface area contributed by atoms with Gasteiger partial charge in [0, 0.05) is 25.4 Å². The fourth-order valence-corrected chi connectivity index (χ4v) is 3.74. The van der Waals surface area contributed by atoms with E-state index in [2.05, 4.69) is 15.9 Å². The van der Waals surface area contributed by atoms with Crippen molar-refractivity contribution in [2.45, 2.75) is 12.5 Å². The number of thiophene rings is 1. The first kappa shape index (κ1) is 13.4. The first-order valence-electron chi connectivity index (χ1n) is 5.00. The Balaban J connectivity index is 2.19. The second kappa shape index (κ2) is 5.72. The number of hydrogen-bond acceptors (Lipinski definition) is 2. The fraction of sp³-hybridized carbons (Fsp3) is 0.167. The van der Waals surface area contributed by atoms with Crippen molar-refractivity contribution < 1.29 is 0 Å². The number of halogens is 3. The molecule has 1 aromatic carbocycles. The minimum atomic E-state index is -0.0527. The van der Waals surface area contributed by atoms with Crippen molar-refractivity contribution in [3.63, 3.8) is 0 Å². The number of rotatable bonds is 3. The van der Waals surface area contributed by atoms with E-state index in [0.717, 1.165) is 14.9 Å². The number of benzene rings is 1. The van der Waals surface area contributed by atoms with E-state index in [1.54, 1.807) is 17.4 Å². The molecule has 17 heavy (non-hydrogen) atoms. The third kappa shape index (κ3) is 3.24. The molecule has 1 aromatic heterocycles. The van der Waals surface area contributed by atoms with Gasteiger partial charge in [0.2, 0.25) is 0 Å². The van der Waals surface area contributed by atoms with Crippen LogP contribution < -0.4 is 5.73 Å². The predicted octanol–water partition coefficient (Wildman–Crippen LogP) is 5.06. The van der Waals surface area contributed by atoms with Gasteiger partial charge < -0.3 is 5.73 Å². The zero-order valence-electron chi connectivity index (χ0n) is 8.79. The molecule has 1 unspecified atom stereocenters. The molecule has 0 amide bonds. The van der Waals surface area contributed by atoms with Crippen LogP contribution in [0.3, 0.4) is 0 Å². The Bertz CT molecular complexity index is 527. The molecule has 0 radical (unpaired) electrons. The third-order valence-electron chi connectivity index (χ3n) is 2.44. The Morgan fingerprint density at radius 2 is 2.06 bits per heavy atom. The van der Waals surface area contributed by atoms with Crippen molar-refractivity contribution in [3.8, 4) is 0 Å². The zero-order valence-corrected chi connectivity index (χ0v) is 12.7. The minimum absolute atomic E-state index is 0.0527. The molecule has 1 nitrogen and oxygen atoms in total. The van der Waals surface area contributed by atoms with E-state index < -0.39 is 0 Å². The van der Waals surface area contributed by atoms with E-state index in [1.807, 2.05) is 23.6 Å². The van der Waals surface area contributed by atoms with Gasteiger partial charge in [0.05, 0.1) is 0 Å². The van der Waals surface area contributed by atoms with Gasteiger partial charge in [-0.05, 0) is 51.5 Å². The summed E-state index contributed by atoms with van der Waals surface area (Å²) in [6.45, 7) is 0. The van der Waals surface area contributed by atoms with Crippen LogP contribution in [0.4, 0.5) is 0 Å². The Labute approximate surface area is 123 Å². The summed E-state index contributed by atoms with van der Waals surface area (Å²) in [6.07, 6.45) is 0.703. The molecule has 0 aliphatic heterocycles. The van der Waals surface area contributed by atoms with Crippen LogP contribution in [0.15, 0.2) is 34.1 Å². The summed E-state index contributed by atoms with van der Waals surface area (Å²) in [4.78, 5) is 1.14. The summed E-state index contributed by atoms with van der Waals surface area (Å²) < 4.78 is 1.06. The van der Waals surface area contributed by atoms with Gasteiger partial charge in [0.1, 0.15) is 0 Å². The average molecular weight is 351 g/mol. The zero-order chi connectivity index (χ0) is 12.4. The average Bonchev–Trinajstić information content (AvgIpc) is 2.68. The Morgan fingerprint density at radius 1 is 1.29 bits per heavy atom. The van der Waals surface area contributed by atoms with Crippen LogP contribution in [0.2, 0.25) is 10.0 Å². The quantitative estimate of drug-likeness (QED) is 0.822. The fourth-order valence-electron chi connectivity index (χ4n) is 1.59. The highest BCUT2D eigenvalue weighted by Gasteiger charge is 2.13. The van der Waals surface area contributed by atoms with Gasteiger partial charge in [0.15, 0.2) is 0 Å². The van der Waals surface area contributed by atoms with E-state index in [1.165, 1.54) is 0 Å². The van der Waals surface area contributed by atoms with Crippen LogP contribution in [0, 0.1) is 0 Å². The maximum atomic E-state index is 6.17. The number of nitrogens with two attached hydrogens (primary N) is 1. The first-order chi connectivity index (χ1) is 8.08. The summed E-state index contributed by atoms with van der Waals surface area (Å²) in [5.74, 6) is 0. The van der Waals surface area contributed by atoms with Gasteiger partial charge in [-0.3, -0.25) is 0 Å². The van der Waals surface area contributed by atoms with Crippen LogP contribution in [-0.2, 0) is 6.42 Å². The second-order valence-electron chi connectivity index (χ2n) is 3.68. The van der Waals surface area contributed by atoms with Crippen molar-refractivity contribution in [1.82, 2.24) is 0 Å². The molecule has 0 saturated carbocycles. The summed E-state index contributed by atoms with van der Waals surface area (Å²) in [5, 5.41) is 3.33. The second-order valence-corrected chi connectivity index (χ2v) is 6.32. The van der Waals surface area contributed by atoms with Crippen molar-refractivity contribution in [2.75, 3.05) is 0 Å². The molecular weight excluding hydrogens is 341 g/mol. The lowest BCUT2D eigenvalue weighted by Crippen LogP contribution is -2.12. The van der Waals surface area contributed by atoms with Crippen LogP contribution in [0.1, 0.15) is 16.5 Å². The maximum Gasteiger partial charge on any atom is 0.0453 e. The predicted molar refractivity (Wildman–Crippen MR) is 79.1 cm³/mol. The van der Waals surface area contributed by atoms with Crippen LogP contribution >= 0.6 is 50.5 Å². The van der Waals surface area contributed by atoms with E-state index in [4.69, 9.17) is 28.9 Å². The lowest BCUT2D eigenvalue weighted by atomic mass is 10.1. The van der Waals surface area contributed by atoms with E-state index >= 15 is 0 Å². The van der Waals surface area contributed by atoms with Gasteiger partial charge in [-0.25, -0.2) is 0 Å². The van der Waals surface area contributed by atoms with Crippen molar-refractivity contribution >= 4 is 50.5 Å². The molecule has 2 aromatic rings. The summed E-state index contributed by atoms with van der Waals surface area (Å²) in [6, 6.07) is 7.45. The molecule has 0 aliphatic rings. The Morgan fingerprint density at radius 3 is 2.65 bits per heavy atom. The van der Waals surface area contributed by atoms with Crippen LogP contribution in [-0.4, -0.2) is 0 Å².